The van der Waals surface area contributed by atoms with Crippen LogP contribution in [0.2, 0.25) is 0 Å². The Morgan fingerprint density at radius 3 is 2.19 bits per heavy atom. The van der Waals surface area contributed by atoms with Crippen molar-refractivity contribution in [2.75, 3.05) is 6.54 Å². The number of nitrogens with one attached hydrogen (secondary N) is 1. The lowest BCUT2D eigenvalue weighted by Crippen LogP contribution is -2.32. The summed E-state index contributed by atoms with van der Waals surface area (Å²) in [6.45, 7) is 10.1. The van der Waals surface area contributed by atoms with Crippen LogP contribution in [0.3, 0.4) is 0 Å². The summed E-state index contributed by atoms with van der Waals surface area (Å²) in [6, 6.07) is 9.04. The van der Waals surface area contributed by atoms with Gasteiger partial charge in [0.1, 0.15) is 0 Å². The molecule has 0 fully saturated rings. The Morgan fingerprint density at radius 2 is 1.75 bits per heavy atom. The van der Waals surface area contributed by atoms with E-state index < -0.39 is 0 Å². The van der Waals surface area contributed by atoms with Crippen molar-refractivity contribution in [3.05, 3.63) is 34.3 Å². The van der Waals surface area contributed by atoms with E-state index in [1.807, 2.05) is 0 Å². The molecule has 0 saturated carbocycles. The minimum atomic E-state index is 0.239. The summed E-state index contributed by atoms with van der Waals surface area (Å²) in [5, 5.41) is 3.63. The van der Waals surface area contributed by atoms with Gasteiger partial charge in [-0.25, -0.2) is 0 Å². The van der Waals surface area contributed by atoms with Crippen LogP contribution in [0.4, 0.5) is 0 Å². The van der Waals surface area contributed by atoms with Gasteiger partial charge in [0.15, 0.2) is 0 Å². The quantitative estimate of drug-likeness (QED) is 0.856. The van der Waals surface area contributed by atoms with Gasteiger partial charge in [-0.1, -0.05) is 55.8 Å². The second-order valence-electron chi connectivity index (χ2n) is 5.30. The van der Waals surface area contributed by atoms with Crippen LogP contribution in [0.1, 0.15) is 45.7 Å². The van der Waals surface area contributed by atoms with Gasteiger partial charge in [-0.15, -0.1) is 0 Å². The molecule has 0 aromatic heterocycles. The lowest BCUT2D eigenvalue weighted by Gasteiger charge is -2.32. The molecule has 0 amide bonds. The molecule has 1 atom stereocenters. The Labute approximate surface area is 108 Å². The summed E-state index contributed by atoms with van der Waals surface area (Å²) < 4.78 is 1.14. The standard InChI is InChI=1S/C14H22BrN/c1-5-10-16-13(14(2,3)4)11-6-8-12(15)9-7-11/h6-9,13,16H,5,10H2,1-4H3. The van der Waals surface area contributed by atoms with Crippen molar-refractivity contribution in [3.63, 3.8) is 0 Å². The first-order valence-corrected chi connectivity index (χ1v) is 6.73. The van der Waals surface area contributed by atoms with E-state index in [1.54, 1.807) is 0 Å². The van der Waals surface area contributed by atoms with Gasteiger partial charge < -0.3 is 5.32 Å². The fourth-order valence-electron chi connectivity index (χ4n) is 1.87. The van der Waals surface area contributed by atoms with Crippen molar-refractivity contribution in [3.8, 4) is 0 Å². The summed E-state index contributed by atoms with van der Waals surface area (Å²) >= 11 is 3.48. The molecule has 90 valence electrons. The minimum Gasteiger partial charge on any atom is -0.309 e. The fourth-order valence-corrected chi connectivity index (χ4v) is 2.13. The van der Waals surface area contributed by atoms with Crippen LogP contribution >= 0.6 is 15.9 Å². The second kappa shape index (κ2) is 5.83. The molecule has 0 radical (unpaired) electrons. The average molecular weight is 284 g/mol. The lowest BCUT2D eigenvalue weighted by atomic mass is 9.82. The molecular formula is C14H22BrN. The van der Waals surface area contributed by atoms with Crippen molar-refractivity contribution < 1.29 is 0 Å². The fraction of sp³-hybridized carbons (Fsp3) is 0.571. The van der Waals surface area contributed by atoms with Crippen LogP contribution in [-0.4, -0.2) is 6.54 Å². The normalized spacial score (nSPS) is 13.8. The van der Waals surface area contributed by atoms with Crippen LogP contribution in [-0.2, 0) is 0 Å². The van der Waals surface area contributed by atoms with Gasteiger partial charge in [-0.3, -0.25) is 0 Å². The highest BCUT2D eigenvalue weighted by atomic mass is 79.9. The van der Waals surface area contributed by atoms with Gasteiger partial charge in [0.25, 0.3) is 0 Å². The highest BCUT2D eigenvalue weighted by molar-refractivity contribution is 9.10. The monoisotopic (exact) mass is 283 g/mol. The minimum absolute atomic E-state index is 0.239. The highest BCUT2D eigenvalue weighted by Gasteiger charge is 2.25. The molecule has 1 rings (SSSR count). The van der Waals surface area contributed by atoms with E-state index >= 15 is 0 Å². The Morgan fingerprint density at radius 1 is 1.19 bits per heavy atom. The molecule has 0 aliphatic rings. The third kappa shape index (κ3) is 3.91. The first-order valence-electron chi connectivity index (χ1n) is 5.94. The van der Waals surface area contributed by atoms with Crippen LogP contribution < -0.4 is 5.32 Å². The van der Waals surface area contributed by atoms with Crippen LogP contribution in [0.15, 0.2) is 28.7 Å². The summed E-state index contributed by atoms with van der Waals surface area (Å²) in [6.07, 6.45) is 1.17. The van der Waals surface area contributed by atoms with Gasteiger partial charge in [0.2, 0.25) is 0 Å². The number of rotatable bonds is 4. The number of halogens is 1. The molecule has 1 nitrogen and oxygen atoms in total. The van der Waals surface area contributed by atoms with E-state index in [1.165, 1.54) is 12.0 Å². The SMILES string of the molecule is CCCNC(c1ccc(Br)cc1)C(C)(C)C. The van der Waals surface area contributed by atoms with Gasteiger partial charge in [0.05, 0.1) is 0 Å². The maximum absolute atomic E-state index is 3.63. The Balaban J connectivity index is 2.88. The summed E-state index contributed by atoms with van der Waals surface area (Å²) in [4.78, 5) is 0. The van der Waals surface area contributed by atoms with E-state index in [0.29, 0.717) is 6.04 Å². The molecular weight excluding hydrogens is 262 g/mol. The van der Waals surface area contributed by atoms with Crippen molar-refractivity contribution in [1.29, 1.82) is 0 Å². The molecule has 0 saturated heterocycles. The van der Waals surface area contributed by atoms with Crippen LogP contribution in [0.25, 0.3) is 0 Å². The van der Waals surface area contributed by atoms with E-state index in [2.05, 4.69) is 73.2 Å². The largest absolute Gasteiger partial charge is 0.309 e. The van der Waals surface area contributed by atoms with E-state index in [4.69, 9.17) is 0 Å². The molecule has 2 heteroatoms. The first-order chi connectivity index (χ1) is 7.45. The van der Waals surface area contributed by atoms with Gasteiger partial charge in [-0.05, 0) is 36.1 Å². The molecule has 1 aromatic carbocycles. The zero-order valence-electron chi connectivity index (χ0n) is 10.7. The predicted molar refractivity (Wildman–Crippen MR) is 74.6 cm³/mol. The summed E-state index contributed by atoms with van der Waals surface area (Å²) in [7, 11) is 0. The Kier molecular flexibility index (Phi) is 5.00. The smallest absolute Gasteiger partial charge is 0.0369 e. The number of hydrogen-bond acceptors (Lipinski definition) is 1. The maximum atomic E-state index is 3.63. The van der Waals surface area contributed by atoms with Gasteiger partial charge in [0, 0.05) is 10.5 Å². The van der Waals surface area contributed by atoms with Gasteiger partial charge in [-0.2, -0.15) is 0 Å². The molecule has 0 aliphatic carbocycles. The third-order valence-electron chi connectivity index (χ3n) is 2.67. The summed E-state index contributed by atoms with van der Waals surface area (Å²) in [5.74, 6) is 0. The third-order valence-corrected chi connectivity index (χ3v) is 3.20. The Hall–Kier alpha value is -0.340. The zero-order chi connectivity index (χ0) is 12.2. The molecule has 0 spiro atoms. The van der Waals surface area contributed by atoms with Crippen molar-refractivity contribution in [2.45, 2.75) is 40.2 Å². The van der Waals surface area contributed by atoms with E-state index in [9.17, 15) is 0 Å². The Bertz CT molecular complexity index is 311. The first kappa shape index (κ1) is 13.7. The topological polar surface area (TPSA) is 12.0 Å². The van der Waals surface area contributed by atoms with Gasteiger partial charge >= 0.3 is 0 Å². The maximum Gasteiger partial charge on any atom is 0.0369 e. The lowest BCUT2D eigenvalue weighted by molar-refractivity contribution is 0.273. The molecule has 1 aromatic rings. The van der Waals surface area contributed by atoms with Crippen molar-refractivity contribution >= 4 is 15.9 Å². The predicted octanol–water partition coefficient (Wildman–Crippen LogP) is 4.54. The molecule has 1 N–H and O–H groups in total. The van der Waals surface area contributed by atoms with Crippen molar-refractivity contribution in [2.24, 2.45) is 5.41 Å². The van der Waals surface area contributed by atoms with Crippen LogP contribution in [0.5, 0.6) is 0 Å². The molecule has 1 unspecified atom stereocenters. The molecule has 0 bridgehead atoms. The van der Waals surface area contributed by atoms with E-state index in [0.717, 1.165) is 11.0 Å². The zero-order valence-corrected chi connectivity index (χ0v) is 12.3. The second-order valence-corrected chi connectivity index (χ2v) is 6.22. The van der Waals surface area contributed by atoms with Crippen molar-refractivity contribution in [1.82, 2.24) is 5.32 Å². The molecule has 16 heavy (non-hydrogen) atoms. The average Bonchev–Trinajstić information content (AvgIpc) is 2.19. The molecule has 0 heterocycles. The van der Waals surface area contributed by atoms with E-state index in [-0.39, 0.29) is 5.41 Å². The highest BCUT2D eigenvalue weighted by Crippen LogP contribution is 2.33. The molecule has 0 aliphatic heterocycles. The summed E-state index contributed by atoms with van der Waals surface area (Å²) in [5.41, 5.74) is 1.60. The number of benzene rings is 1. The number of hydrogen-bond donors (Lipinski definition) is 1. The van der Waals surface area contributed by atoms with Crippen LogP contribution in [0, 0.1) is 5.41 Å².